The zero-order valence-electron chi connectivity index (χ0n) is 17.5. The predicted octanol–water partition coefficient (Wildman–Crippen LogP) is 3.21. The first kappa shape index (κ1) is 20.9. The van der Waals surface area contributed by atoms with Gasteiger partial charge in [0.2, 0.25) is 5.91 Å². The number of aromatic nitrogens is 1. The van der Waals surface area contributed by atoms with Gasteiger partial charge in [-0.05, 0) is 80.7 Å². The first-order valence-corrected chi connectivity index (χ1v) is 11.0. The van der Waals surface area contributed by atoms with E-state index in [1.807, 2.05) is 18.5 Å². The Hall–Kier alpha value is -2.31. The minimum atomic E-state index is -0.263. The molecule has 2 saturated heterocycles. The third-order valence-electron chi connectivity index (χ3n) is 6.41. The number of amides is 1. The van der Waals surface area contributed by atoms with Gasteiger partial charge in [0.05, 0.1) is 5.92 Å². The van der Waals surface area contributed by atoms with Gasteiger partial charge in [0.15, 0.2) is 0 Å². The van der Waals surface area contributed by atoms with Crippen molar-refractivity contribution in [1.82, 2.24) is 20.1 Å². The van der Waals surface area contributed by atoms with Crippen molar-refractivity contribution in [2.45, 2.75) is 44.8 Å². The summed E-state index contributed by atoms with van der Waals surface area (Å²) >= 11 is 0. The zero-order chi connectivity index (χ0) is 20.8. The molecule has 1 amide bonds. The van der Waals surface area contributed by atoms with Crippen LogP contribution >= 0.6 is 0 Å². The van der Waals surface area contributed by atoms with Crippen LogP contribution in [-0.4, -0.2) is 52.9 Å². The van der Waals surface area contributed by atoms with E-state index in [4.69, 9.17) is 0 Å². The van der Waals surface area contributed by atoms with Gasteiger partial charge >= 0.3 is 0 Å². The van der Waals surface area contributed by atoms with Crippen molar-refractivity contribution in [3.8, 4) is 0 Å². The fraction of sp³-hybridized carbons (Fsp3) is 0.500. The Labute approximate surface area is 178 Å². The molecule has 1 aromatic heterocycles. The lowest BCUT2D eigenvalue weighted by Gasteiger charge is -2.42. The van der Waals surface area contributed by atoms with E-state index in [0.29, 0.717) is 12.6 Å². The molecule has 1 aromatic carbocycles. The summed E-state index contributed by atoms with van der Waals surface area (Å²) < 4.78 is 13.3. The Balaban J connectivity index is 1.23. The molecule has 2 aliphatic rings. The van der Waals surface area contributed by atoms with Gasteiger partial charge in [-0.25, -0.2) is 4.39 Å². The molecule has 0 unspecified atom stereocenters. The lowest BCUT2D eigenvalue weighted by molar-refractivity contribution is -0.127. The lowest BCUT2D eigenvalue weighted by atomic mass is 9.93. The number of hydrogen-bond donors (Lipinski definition) is 1. The van der Waals surface area contributed by atoms with Crippen LogP contribution in [0.3, 0.4) is 0 Å². The van der Waals surface area contributed by atoms with Gasteiger partial charge in [-0.15, -0.1) is 0 Å². The van der Waals surface area contributed by atoms with E-state index in [1.165, 1.54) is 17.7 Å². The van der Waals surface area contributed by atoms with E-state index in [-0.39, 0.29) is 17.6 Å². The number of rotatable bonds is 6. The molecule has 2 fully saturated rings. The molecule has 160 valence electrons. The number of benzene rings is 1. The van der Waals surface area contributed by atoms with Gasteiger partial charge in [0.1, 0.15) is 5.82 Å². The van der Waals surface area contributed by atoms with Gasteiger partial charge in [0, 0.05) is 38.1 Å². The highest BCUT2D eigenvalue weighted by Gasteiger charge is 2.31. The average Bonchev–Trinajstić information content (AvgIpc) is 2.79. The highest BCUT2D eigenvalue weighted by Crippen LogP contribution is 2.24. The van der Waals surface area contributed by atoms with Gasteiger partial charge in [-0.3, -0.25) is 19.6 Å². The second-order valence-electron chi connectivity index (χ2n) is 8.54. The molecule has 6 heteroatoms. The van der Waals surface area contributed by atoms with Crippen molar-refractivity contribution in [1.29, 1.82) is 0 Å². The largest absolute Gasteiger partial charge is 0.352 e. The van der Waals surface area contributed by atoms with Gasteiger partial charge in [0.25, 0.3) is 0 Å². The summed E-state index contributed by atoms with van der Waals surface area (Å²) in [5, 5.41) is 3.01. The van der Waals surface area contributed by atoms with E-state index < -0.39 is 0 Å². The fourth-order valence-corrected chi connectivity index (χ4v) is 4.72. The molecule has 2 aromatic rings. The molecule has 1 atom stereocenters. The monoisotopic (exact) mass is 410 g/mol. The molecule has 0 aliphatic carbocycles. The van der Waals surface area contributed by atoms with Crippen molar-refractivity contribution < 1.29 is 9.18 Å². The number of halogens is 1. The van der Waals surface area contributed by atoms with Crippen LogP contribution in [0, 0.1) is 11.7 Å². The van der Waals surface area contributed by atoms with Crippen LogP contribution in [0.25, 0.3) is 0 Å². The SMILES string of the molecule is O=C(NCc1cccc(F)c1)[C@@H]1CCCN(C2CCN(Cc3ccncc3)CC2)C1. The quantitative estimate of drug-likeness (QED) is 0.795. The van der Waals surface area contributed by atoms with Crippen LogP contribution in [0.15, 0.2) is 48.8 Å². The van der Waals surface area contributed by atoms with E-state index in [0.717, 1.165) is 64.0 Å². The Kier molecular flexibility index (Phi) is 7.07. The van der Waals surface area contributed by atoms with Crippen molar-refractivity contribution >= 4 is 5.91 Å². The molecule has 5 nitrogen and oxygen atoms in total. The summed E-state index contributed by atoms with van der Waals surface area (Å²) in [5.41, 5.74) is 2.12. The van der Waals surface area contributed by atoms with Crippen LogP contribution in [0.2, 0.25) is 0 Å². The van der Waals surface area contributed by atoms with Gasteiger partial charge in [-0.2, -0.15) is 0 Å². The normalized spacial score (nSPS) is 21.4. The topological polar surface area (TPSA) is 48.5 Å². The smallest absolute Gasteiger partial charge is 0.224 e. The van der Waals surface area contributed by atoms with Crippen LogP contribution in [0.4, 0.5) is 4.39 Å². The lowest BCUT2D eigenvalue weighted by Crippen LogP contribution is -2.50. The molecule has 3 heterocycles. The standard InChI is InChI=1S/C24H31FN4O/c25-22-5-1-3-20(15-22)16-27-24(30)21-4-2-12-29(18-21)23-8-13-28(14-9-23)17-19-6-10-26-11-7-19/h1,3,5-7,10-11,15,21,23H,2,4,8-9,12-14,16-18H2,(H,27,30)/t21-/m1/s1. The van der Waals surface area contributed by atoms with Gasteiger partial charge < -0.3 is 5.32 Å². The molecular formula is C24H31FN4O. The Bertz CT molecular complexity index is 823. The number of nitrogens with one attached hydrogen (secondary N) is 1. The number of piperidine rings is 2. The van der Waals surface area contributed by atoms with Crippen LogP contribution in [-0.2, 0) is 17.9 Å². The van der Waals surface area contributed by atoms with Crippen molar-refractivity contribution in [3.63, 3.8) is 0 Å². The summed E-state index contributed by atoms with van der Waals surface area (Å²) in [6.45, 7) is 5.49. The number of nitrogens with zero attached hydrogens (tertiary/aromatic N) is 3. The molecule has 1 N–H and O–H groups in total. The van der Waals surface area contributed by atoms with E-state index in [1.54, 1.807) is 6.07 Å². The Morgan fingerprint density at radius 1 is 1.07 bits per heavy atom. The maximum atomic E-state index is 13.3. The van der Waals surface area contributed by atoms with Crippen molar-refractivity contribution in [2.24, 2.45) is 5.92 Å². The van der Waals surface area contributed by atoms with E-state index in [2.05, 4.69) is 32.2 Å². The predicted molar refractivity (Wildman–Crippen MR) is 115 cm³/mol. The maximum Gasteiger partial charge on any atom is 0.224 e. The average molecular weight is 411 g/mol. The number of hydrogen-bond acceptors (Lipinski definition) is 4. The molecule has 0 radical (unpaired) electrons. The number of carbonyl (C=O) groups is 1. The number of pyridine rings is 1. The number of carbonyl (C=O) groups excluding carboxylic acids is 1. The maximum absolute atomic E-state index is 13.3. The van der Waals surface area contributed by atoms with Crippen LogP contribution in [0.5, 0.6) is 0 Å². The number of likely N-dealkylation sites (tertiary alicyclic amines) is 2. The Morgan fingerprint density at radius 3 is 2.63 bits per heavy atom. The third kappa shape index (κ3) is 5.64. The van der Waals surface area contributed by atoms with Crippen LogP contribution < -0.4 is 5.32 Å². The summed E-state index contributed by atoms with van der Waals surface area (Å²) in [6, 6.07) is 11.2. The first-order chi connectivity index (χ1) is 14.7. The second kappa shape index (κ2) is 10.1. The molecule has 4 rings (SSSR count). The van der Waals surface area contributed by atoms with Gasteiger partial charge in [-0.1, -0.05) is 12.1 Å². The van der Waals surface area contributed by atoms with Crippen LogP contribution in [0.1, 0.15) is 36.8 Å². The minimum Gasteiger partial charge on any atom is -0.352 e. The van der Waals surface area contributed by atoms with E-state index in [9.17, 15) is 9.18 Å². The Morgan fingerprint density at radius 2 is 1.87 bits per heavy atom. The molecule has 2 aliphatic heterocycles. The highest BCUT2D eigenvalue weighted by molar-refractivity contribution is 5.79. The zero-order valence-corrected chi connectivity index (χ0v) is 17.5. The first-order valence-electron chi connectivity index (χ1n) is 11.0. The highest BCUT2D eigenvalue weighted by atomic mass is 19.1. The minimum absolute atomic E-state index is 0.0298. The van der Waals surface area contributed by atoms with E-state index >= 15 is 0 Å². The third-order valence-corrected chi connectivity index (χ3v) is 6.41. The van der Waals surface area contributed by atoms with Crippen molar-refractivity contribution in [2.75, 3.05) is 26.2 Å². The summed E-state index contributed by atoms with van der Waals surface area (Å²) in [4.78, 5) is 21.8. The molecule has 30 heavy (non-hydrogen) atoms. The molecule has 0 saturated carbocycles. The summed E-state index contributed by atoms with van der Waals surface area (Å²) in [7, 11) is 0. The molecule has 0 bridgehead atoms. The second-order valence-corrected chi connectivity index (χ2v) is 8.54. The molecule has 0 spiro atoms. The summed E-state index contributed by atoms with van der Waals surface area (Å²) in [6.07, 6.45) is 8.03. The summed E-state index contributed by atoms with van der Waals surface area (Å²) in [5.74, 6) is -0.137. The fourth-order valence-electron chi connectivity index (χ4n) is 4.72. The molecular weight excluding hydrogens is 379 g/mol. The van der Waals surface area contributed by atoms with Crippen molar-refractivity contribution in [3.05, 3.63) is 65.7 Å².